The van der Waals surface area contributed by atoms with E-state index in [9.17, 15) is 62.9 Å². The van der Waals surface area contributed by atoms with Gasteiger partial charge in [-0.2, -0.15) is 52.7 Å². The minimum atomic E-state index is -6.54. The lowest BCUT2D eigenvalue weighted by atomic mass is 9.82. The lowest BCUT2D eigenvalue weighted by Crippen LogP contribution is -2.59. The van der Waals surface area contributed by atoms with E-state index in [1.54, 1.807) is 0 Å². The summed E-state index contributed by atoms with van der Waals surface area (Å²) in [6.45, 7) is 0. The second-order valence-corrected chi connectivity index (χ2v) is 6.25. The molecular formula is C15H11F12NO2. The first-order valence-corrected chi connectivity index (χ1v) is 7.45. The van der Waals surface area contributed by atoms with Gasteiger partial charge in [0.15, 0.2) is 0 Å². The van der Waals surface area contributed by atoms with Gasteiger partial charge < -0.3 is 15.6 Å². The maximum Gasteiger partial charge on any atom is 0.426 e. The molecule has 1 rings (SSSR count). The Kier molecular flexibility index (Phi) is 6.58. The zero-order chi connectivity index (χ0) is 24.0. The fourth-order valence-corrected chi connectivity index (χ4v) is 2.31. The van der Waals surface area contributed by atoms with Crippen molar-refractivity contribution in [2.45, 2.75) is 48.7 Å². The first kappa shape index (κ1) is 26.0. The number of nitrogens with one attached hydrogen (secondary N) is 1. The second kappa shape index (κ2) is 7.59. The van der Waals surface area contributed by atoms with E-state index in [1.165, 1.54) is 0 Å². The highest BCUT2D eigenvalue weighted by Gasteiger charge is 2.73. The standard InChI is InChI=1S/C15H11F12NO2/c16-12(17,18)10(29,13(19,20)21)5-8(7-1-3-9(28)4-2-7)6-11(30,14(22,23)24)15(25,26)27/h1-4,28-30H,5-6H2. The molecule has 0 heterocycles. The number of hydrogen-bond acceptors (Lipinski definition) is 3. The zero-order valence-electron chi connectivity index (χ0n) is 14.2. The molecule has 0 radical (unpaired) electrons. The van der Waals surface area contributed by atoms with Crippen molar-refractivity contribution in [3.63, 3.8) is 0 Å². The molecule has 0 aromatic heterocycles. The Bertz CT molecular complexity index is 676. The predicted octanol–water partition coefficient (Wildman–Crippen LogP) is 4.92. The quantitative estimate of drug-likeness (QED) is 0.517. The Balaban J connectivity index is 3.73. The number of allylic oxidation sites excluding steroid dienone is 5. The van der Waals surface area contributed by atoms with E-state index >= 15 is 0 Å². The van der Waals surface area contributed by atoms with Gasteiger partial charge in [0, 0.05) is 12.8 Å². The summed E-state index contributed by atoms with van der Waals surface area (Å²) in [4.78, 5) is 0. The highest BCUT2D eigenvalue weighted by Crippen LogP contribution is 2.51. The van der Waals surface area contributed by atoms with Crippen LogP contribution in [-0.4, -0.2) is 51.8 Å². The van der Waals surface area contributed by atoms with Crippen LogP contribution in [0.2, 0.25) is 0 Å². The van der Waals surface area contributed by atoms with Gasteiger partial charge in [-0.05, 0) is 17.7 Å². The highest BCUT2D eigenvalue weighted by molar-refractivity contribution is 6.03. The van der Waals surface area contributed by atoms with Crippen LogP contribution in [-0.2, 0) is 0 Å². The van der Waals surface area contributed by atoms with Crippen molar-refractivity contribution in [1.29, 1.82) is 5.41 Å². The van der Waals surface area contributed by atoms with Crippen LogP contribution in [0.3, 0.4) is 0 Å². The fraction of sp³-hybridized carbons (Fsp3) is 0.533. The molecule has 0 saturated heterocycles. The normalized spacial score (nSPS) is 17.0. The minimum absolute atomic E-state index is 0.429. The van der Waals surface area contributed by atoms with Crippen molar-refractivity contribution in [2.75, 3.05) is 0 Å². The van der Waals surface area contributed by atoms with E-state index in [0.717, 1.165) is 0 Å². The van der Waals surface area contributed by atoms with Gasteiger partial charge in [0.2, 0.25) is 0 Å². The molecule has 0 bridgehead atoms. The molecule has 0 atom stereocenters. The van der Waals surface area contributed by atoms with E-state index in [2.05, 4.69) is 0 Å². The smallest absolute Gasteiger partial charge is 0.373 e. The predicted molar refractivity (Wildman–Crippen MR) is 76.4 cm³/mol. The summed E-state index contributed by atoms with van der Waals surface area (Å²) >= 11 is 0. The van der Waals surface area contributed by atoms with E-state index in [1.807, 2.05) is 0 Å². The van der Waals surface area contributed by atoms with Gasteiger partial charge in [-0.15, -0.1) is 0 Å². The largest absolute Gasteiger partial charge is 0.426 e. The van der Waals surface area contributed by atoms with E-state index < -0.39 is 65.6 Å². The fourth-order valence-electron chi connectivity index (χ4n) is 2.31. The molecule has 0 aliphatic heterocycles. The number of hydrogen-bond donors (Lipinski definition) is 3. The van der Waals surface area contributed by atoms with Gasteiger partial charge in [0.05, 0.1) is 5.71 Å². The molecule has 30 heavy (non-hydrogen) atoms. The van der Waals surface area contributed by atoms with Gasteiger partial charge in [0.25, 0.3) is 11.2 Å². The summed E-state index contributed by atoms with van der Waals surface area (Å²) < 4.78 is 155. The summed E-state index contributed by atoms with van der Waals surface area (Å²) in [5, 5.41) is 25.6. The van der Waals surface area contributed by atoms with Gasteiger partial charge in [-0.1, -0.05) is 17.7 Å². The highest BCUT2D eigenvalue weighted by atomic mass is 19.4. The Labute approximate surface area is 159 Å². The van der Waals surface area contributed by atoms with Crippen molar-refractivity contribution >= 4 is 5.71 Å². The minimum Gasteiger partial charge on any atom is -0.373 e. The molecule has 0 saturated carbocycles. The van der Waals surface area contributed by atoms with Crippen molar-refractivity contribution in [3.8, 4) is 0 Å². The summed E-state index contributed by atoms with van der Waals surface area (Å²) in [5.74, 6) is 0. The molecule has 0 unspecified atom stereocenters. The average Bonchev–Trinajstić information content (AvgIpc) is 2.50. The lowest BCUT2D eigenvalue weighted by Gasteiger charge is -2.37. The molecule has 0 amide bonds. The molecule has 0 aromatic carbocycles. The molecule has 15 heteroatoms. The SMILES string of the molecule is N=C1C=CC(=C(CC(O)(C(F)(F)F)C(F)(F)F)CC(O)(C(F)(F)F)C(F)(F)F)C=C1. The number of rotatable bonds is 4. The van der Waals surface area contributed by atoms with Crippen molar-refractivity contribution < 1.29 is 62.9 Å². The summed E-state index contributed by atoms with van der Waals surface area (Å²) in [7, 11) is 0. The molecule has 1 aliphatic rings. The van der Waals surface area contributed by atoms with Crippen molar-refractivity contribution in [2.24, 2.45) is 0 Å². The number of alkyl halides is 12. The molecule has 3 nitrogen and oxygen atoms in total. The van der Waals surface area contributed by atoms with Crippen LogP contribution in [0.25, 0.3) is 0 Å². The summed E-state index contributed by atoms with van der Waals surface area (Å²) in [6.07, 6.45) is -29.4. The number of aliphatic hydroxyl groups is 2. The molecule has 0 fully saturated rings. The van der Waals surface area contributed by atoms with Crippen LogP contribution in [0, 0.1) is 5.41 Å². The van der Waals surface area contributed by atoms with Crippen molar-refractivity contribution in [3.05, 3.63) is 35.5 Å². The Morgan fingerprint density at radius 2 is 0.867 bits per heavy atom. The average molecular weight is 465 g/mol. The van der Waals surface area contributed by atoms with E-state index in [-0.39, 0.29) is 0 Å². The van der Waals surface area contributed by atoms with Crippen LogP contribution < -0.4 is 0 Å². The zero-order valence-corrected chi connectivity index (χ0v) is 14.2. The van der Waals surface area contributed by atoms with Gasteiger partial charge in [-0.3, -0.25) is 0 Å². The van der Waals surface area contributed by atoms with E-state index in [0.29, 0.717) is 24.3 Å². The van der Waals surface area contributed by atoms with Crippen LogP contribution in [0.5, 0.6) is 0 Å². The monoisotopic (exact) mass is 465 g/mol. The van der Waals surface area contributed by atoms with Crippen LogP contribution in [0.4, 0.5) is 52.7 Å². The molecular weight excluding hydrogens is 454 g/mol. The Morgan fingerprint density at radius 3 is 1.10 bits per heavy atom. The first-order valence-electron chi connectivity index (χ1n) is 7.45. The molecule has 0 spiro atoms. The summed E-state index contributed by atoms with van der Waals surface area (Å²) in [6, 6.07) is 0. The topological polar surface area (TPSA) is 64.3 Å². The van der Waals surface area contributed by atoms with Crippen LogP contribution in [0.15, 0.2) is 35.5 Å². The first-order chi connectivity index (χ1) is 13.1. The summed E-state index contributed by atoms with van der Waals surface area (Å²) in [5.41, 5.74) is -14.7. The Morgan fingerprint density at radius 1 is 0.600 bits per heavy atom. The molecule has 1 aliphatic carbocycles. The van der Waals surface area contributed by atoms with Gasteiger partial charge in [0.1, 0.15) is 0 Å². The number of halogens is 12. The molecule has 3 N–H and O–H groups in total. The maximum absolute atomic E-state index is 12.9. The van der Waals surface area contributed by atoms with Crippen molar-refractivity contribution in [1.82, 2.24) is 0 Å². The van der Waals surface area contributed by atoms with E-state index in [4.69, 9.17) is 5.41 Å². The maximum atomic E-state index is 12.9. The Hall–Kier alpha value is -2.03. The van der Waals surface area contributed by atoms with Gasteiger partial charge in [-0.25, -0.2) is 0 Å². The molecule has 0 aromatic rings. The third-order valence-electron chi connectivity index (χ3n) is 4.11. The van der Waals surface area contributed by atoms with Crippen LogP contribution in [0.1, 0.15) is 12.8 Å². The van der Waals surface area contributed by atoms with Gasteiger partial charge >= 0.3 is 24.7 Å². The molecule has 172 valence electrons. The second-order valence-electron chi connectivity index (χ2n) is 6.25. The third-order valence-corrected chi connectivity index (χ3v) is 4.11. The third kappa shape index (κ3) is 4.82. The van der Waals surface area contributed by atoms with Crippen LogP contribution >= 0.6 is 0 Å². The lowest BCUT2D eigenvalue weighted by molar-refractivity contribution is -0.373.